The van der Waals surface area contributed by atoms with Gasteiger partial charge >= 0.3 is 6.09 Å². The van der Waals surface area contributed by atoms with Crippen LogP contribution in [0.5, 0.6) is 0 Å². The van der Waals surface area contributed by atoms with Gasteiger partial charge in [0.15, 0.2) is 0 Å². The van der Waals surface area contributed by atoms with E-state index in [4.69, 9.17) is 4.74 Å². The summed E-state index contributed by atoms with van der Waals surface area (Å²) >= 11 is 0. The number of nitrogens with one attached hydrogen (secondary N) is 1. The smallest absolute Gasteiger partial charge is 0.441 e. The summed E-state index contributed by atoms with van der Waals surface area (Å²) < 4.78 is 21.0. The average Bonchev–Trinajstić information content (AvgIpc) is 2.60. The van der Waals surface area contributed by atoms with Crippen LogP contribution in [0.15, 0.2) is 29.2 Å². The molecule has 3 rings (SSSR count). The van der Waals surface area contributed by atoms with E-state index in [2.05, 4.69) is 10.4 Å². The normalized spacial score (nSPS) is 16.7. The predicted molar refractivity (Wildman–Crippen MR) is 104 cm³/mol. The van der Waals surface area contributed by atoms with Crippen molar-refractivity contribution in [3.05, 3.63) is 40.6 Å². The van der Waals surface area contributed by atoms with Gasteiger partial charge in [-0.25, -0.2) is 18.8 Å². The molecule has 1 amide bonds. The standard InChI is InChI=1S/C20H27FN4O3/c1-20(2,3)28-19(27)23-25(10-5-4-6-11-25)12-9-24-17-13-15(21)7-8-16(17)22-14-18(24)26/h7-8,13-14H,4-6,9-12H2,1-3H3/p+1. The quantitative estimate of drug-likeness (QED) is 0.814. The van der Waals surface area contributed by atoms with Gasteiger partial charge < -0.3 is 4.74 Å². The molecule has 0 atom stereocenters. The zero-order valence-electron chi connectivity index (χ0n) is 16.7. The number of rotatable bonds is 4. The lowest BCUT2D eigenvalue weighted by atomic mass is 10.1. The van der Waals surface area contributed by atoms with E-state index in [9.17, 15) is 14.0 Å². The Labute approximate surface area is 163 Å². The Morgan fingerprint density at radius 3 is 2.68 bits per heavy atom. The monoisotopic (exact) mass is 391 g/mol. The summed E-state index contributed by atoms with van der Waals surface area (Å²) in [5, 5.41) is 0. The number of halogens is 1. The number of hydrogen-bond donors (Lipinski definition) is 1. The highest BCUT2D eigenvalue weighted by Gasteiger charge is 2.34. The molecule has 1 fully saturated rings. The Hall–Kier alpha value is -2.48. The first kappa shape index (κ1) is 20.3. The summed E-state index contributed by atoms with van der Waals surface area (Å²) in [5.41, 5.74) is 3.16. The zero-order chi connectivity index (χ0) is 20.4. The van der Waals surface area contributed by atoms with E-state index < -0.39 is 17.5 Å². The zero-order valence-corrected chi connectivity index (χ0v) is 16.7. The third kappa shape index (κ3) is 4.86. The number of piperidine rings is 1. The molecule has 1 aliphatic heterocycles. The van der Waals surface area contributed by atoms with Gasteiger partial charge in [-0.3, -0.25) is 9.36 Å². The van der Waals surface area contributed by atoms with Crippen molar-refractivity contribution in [2.75, 3.05) is 19.6 Å². The number of aromatic nitrogens is 2. The molecule has 0 bridgehead atoms. The molecular weight excluding hydrogens is 363 g/mol. The van der Waals surface area contributed by atoms with Gasteiger partial charge in [0.1, 0.15) is 31.1 Å². The van der Waals surface area contributed by atoms with E-state index in [1.807, 2.05) is 20.8 Å². The topological polar surface area (TPSA) is 73.2 Å². The summed E-state index contributed by atoms with van der Waals surface area (Å²) in [7, 11) is 0. The summed E-state index contributed by atoms with van der Waals surface area (Å²) in [6.45, 7) is 7.86. The largest absolute Gasteiger partial charge is 0.452 e. The Balaban J connectivity index is 1.84. The lowest BCUT2D eigenvalue weighted by Gasteiger charge is -2.40. The highest BCUT2D eigenvalue weighted by molar-refractivity contribution is 5.74. The van der Waals surface area contributed by atoms with Crippen LogP contribution in [0.25, 0.3) is 11.0 Å². The molecule has 2 aromatic rings. The summed E-state index contributed by atoms with van der Waals surface area (Å²) in [4.78, 5) is 28.9. The Kier molecular flexibility index (Phi) is 5.69. The Bertz CT molecular complexity index is 914. The maximum Gasteiger partial charge on any atom is 0.452 e. The van der Waals surface area contributed by atoms with E-state index in [0.717, 1.165) is 32.4 Å². The first-order valence-electron chi connectivity index (χ1n) is 9.70. The number of carbonyl (C=O) groups is 1. The third-order valence-electron chi connectivity index (χ3n) is 4.96. The number of ether oxygens (including phenoxy) is 1. The predicted octanol–water partition coefficient (Wildman–Crippen LogP) is 2.98. The van der Waals surface area contributed by atoms with Gasteiger partial charge in [-0.2, -0.15) is 5.43 Å². The summed E-state index contributed by atoms with van der Waals surface area (Å²) in [5.74, 6) is -0.414. The molecule has 28 heavy (non-hydrogen) atoms. The van der Waals surface area contributed by atoms with Gasteiger partial charge in [-0.1, -0.05) is 0 Å². The van der Waals surface area contributed by atoms with E-state index in [1.165, 1.54) is 22.9 Å². The molecule has 0 unspecified atom stereocenters. The van der Waals surface area contributed by atoms with Crippen LogP contribution in [0.3, 0.4) is 0 Å². The van der Waals surface area contributed by atoms with Crippen LogP contribution < -0.4 is 11.0 Å². The highest BCUT2D eigenvalue weighted by Crippen LogP contribution is 2.19. The fraction of sp³-hybridized carbons (Fsp3) is 0.550. The maximum atomic E-state index is 13.7. The fourth-order valence-corrected chi connectivity index (χ4v) is 3.66. The average molecular weight is 391 g/mol. The van der Waals surface area contributed by atoms with Crippen LogP contribution in [0.4, 0.5) is 9.18 Å². The van der Waals surface area contributed by atoms with Crippen LogP contribution in [0.1, 0.15) is 40.0 Å². The van der Waals surface area contributed by atoms with E-state index in [0.29, 0.717) is 28.7 Å². The first-order valence-corrected chi connectivity index (χ1v) is 9.70. The van der Waals surface area contributed by atoms with Crippen LogP contribution in [-0.2, 0) is 11.3 Å². The van der Waals surface area contributed by atoms with Gasteiger partial charge in [0.2, 0.25) is 0 Å². The number of carbonyl (C=O) groups excluding carboxylic acids is 1. The molecule has 8 heteroatoms. The van der Waals surface area contributed by atoms with Crippen molar-refractivity contribution >= 4 is 17.1 Å². The van der Waals surface area contributed by atoms with Gasteiger partial charge in [-0.05, 0) is 58.2 Å². The summed E-state index contributed by atoms with van der Waals surface area (Å²) in [6, 6.07) is 4.21. The highest BCUT2D eigenvalue weighted by atomic mass is 19.1. The molecule has 1 aromatic carbocycles. The minimum atomic E-state index is -0.584. The fourth-order valence-electron chi connectivity index (χ4n) is 3.66. The molecule has 7 nitrogen and oxygen atoms in total. The molecule has 1 aliphatic rings. The second kappa shape index (κ2) is 7.87. The second-order valence-electron chi connectivity index (χ2n) is 8.37. The van der Waals surface area contributed by atoms with Crippen LogP contribution >= 0.6 is 0 Å². The van der Waals surface area contributed by atoms with Gasteiger partial charge in [0.05, 0.1) is 23.8 Å². The number of likely N-dealkylation sites (tertiary alicyclic amines) is 1. The lowest BCUT2D eigenvalue weighted by molar-refractivity contribution is -0.966. The lowest BCUT2D eigenvalue weighted by Crippen LogP contribution is -2.64. The number of hydrogen-bond acceptors (Lipinski definition) is 4. The number of fused-ring (bicyclic) bond motifs is 1. The van der Waals surface area contributed by atoms with Crippen molar-refractivity contribution in [3.8, 4) is 0 Å². The summed E-state index contributed by atoms with van der Waals surface area (Å²) in [6.07, 6.45) is 3.86. The molecule has 0 radical (unpaired) electrons. The maximum absolute atomic E-state index is 13.7. The van der Waals surface area contributed by atoms with Crippen molar-refractivity contribution in [1.29, 1.82) is 0 Å². The molecule has 152 valence electrons. The van der Waals surface area contributed by atoms with Gasteiger partial charge in [0, 0.05) is 0 Å². The van der Waals surface area contributed by atoms with Crippen LogP contribution in [0.2, 0.25) is 0 Å². The van der Waals surface area contributed by atoms with Crippen molar-refractivity contribution in [2.45, 2.75) is 52.2 Å². The van der Waals surface area contributed by atoms with Crippen LogP contribution in [-0.4, -0.2) is 45.5 Å². The van der Waals surface area contributed by atoms with E-state index >= 15 is 0 Å². The molecule has 0 aliphatic carbocycles. The number of benzene rings is 1. The minimum absolute atomic E-state index is 0.287. The number of quaternary nitrogens is 1. The number of amides is 1. The molecule has 1 aromatic heterocycles. The third-order valence-corrected chi connectivity index (χ3v) is 4.96. The molecule has 1 saturated heterocycles. The molecule has 1 N–H and O–H groups in total. The Morgan fingerprint density at radius 2 is 2.00 bits per heavy atom. The van der Waals surface area contributed by atoms with Crippen molar-refractivity contribution in [1.82, 2.24) is 15.0 Å². The van der Waals surface area contributed by atoms with E-state index in [1.54, 1.807) is 6.07 Å². The van der Waals surface area contributed by atoms with Crippen molar-refractivity contribution in [3.63, 3.8) is 0 Å². The number of nitrogens with zero attached hydrogens (tertiary/aromatic N) is 3. The van der Waals surface area contributed by atoms with Gasteiger partial charge in [0.25, 0.3) is 5.56 Å². The van der Waals surface area contributed by atoms with E-state index in [-0.39, 0.29) is 5.56 Å². The molecule has 0 spiro atoms. The van der Waals surface area contributed by atoms with Crippen LogP contribution in [0, 0.1) is 5.82 Å². The second-order valence-corrected chi connectivity index (χ2v) is 8.37. The minimum Gasteiger partial charge on any atom is -0.441 e. The van der Waals surface area contributed by atoms with Gasteiger partial charge in [-0.15, -0.1) is 0 Å². The molecule has 2 heterocycles. The first-order chi connectivity index (χ1) is 13.2. The van der Waals surface area contributed by atoms with Crippen molar-refractivity contribution < 1.29 is 18.5 Å². The molecular formula is C20H28FN4O3+. The van der Waals surface area contributed by atoms with Crippen molar-refractivity contribution in [2.24, 2.45) is 0 Å². The SMILES string of the molecule is CC(C)(C)OC(=O)N[N+]1(CCn2c(=O)cnc3ccc(F)cc32)CCCCC1. The molecule has 0 saturated carbocycles. The Morgan fingerprint density at radius 1 is 1.29 bits per heavy atom.